The second kappa shape index (κ2) is 6.66. The Kier molecular flexibility index (Phi) is 4.43. The Hall–Kier alpha value is -2.60. The molecule has 1 N–H and O–H groups in total. The van der Waals surface area contributed by atoms with E-state index in [4.69, 9.17) is 16.3 Å². The molecule has 6 nitrogen and oxygen atoms in total. The molecule has 1 amide bonds. The lowest BCUT2D eigenvalue weighted by Gasteiger charge is -2.09. The van der Waals surface area contributed by atoms with Gasteiger partial charge in [-0.1, -0.05) is 17.7 Å². The second-order valence-corrected chi connectivity index (χ2v) is 5.33. The molecule has 0 bridgehead atoms. The van der Waals surface area contributed by atoms with E-state index in [-0.39, 0.29) is 5.91 Å². The van der Waals surface area contributed by atoms with Crippen molar-refractivity contribution in [2.75, 3.05) is 13.7 Å². The molecule has 7 heteroatoms. The molecule has 23 heavy (non-hydrogen) atoms. The minimum atomic E-state index is -0.238. The lowest BCUT2D eigenvalue weighted by Crippen LogP contribution is -2.26. The number of pyridine rings is 1. The van der Waals surface area contributed by atoms with E-state index in [1.807, 2.05) is 28.8 Å². The number of halogens is 1. The van der Waals surface area contributed by atoms with Crippen molar-refractivity contribution < 1.29 is 9.53 Å². The third kappa shape index (κ3) is 3.27. The molecule has 1 aromatic carbocycles. The molecule has 2 heterocycles. The van der Waals surface area contributed by atoms with Crippen LogP contribution in [0, 0.1) is 0 Å². The van der Waals surface area contributed by atoms with Crippen molar-refractivity contribution in [1.29, 1.82) is 0 Å². The van der Waals surface area contributed by atoms with Crippen LogP contribution in [0.3, 0.4) is 0 Å². The van der Waals surface area contributed by atoms with Crippen molar-refractivity contribution >= 4 is 23.2 Å². The van der Waals surface area contributed by atoms with Crippen molar-refractivity contribution in [2.24, 2.45) is 0 Å². The summed E-state index contributed by atoms with van der Waals surface area (Å²) in [5.74, 6) is 1.04. The van der Waals surface area contributed by atoms with E-state index in [2.05, 4.69) is 15.5 Å². The zero-order valence-electron chi connectivity index (χ0n) is 12.5. The van der Waals surface area contributed by atoms with Crippen LogP contribution in [0.25, 0.3) is 5.65 Å². The molecule has 0 aliphatic heterocycles. The van der Waals surface area contributed by atoms with Crippen molar-refractivity contribution in [1.82, 2.24) is 19.9 Å². The third-order valence-corrected chi connectivity index (χ3v) is 3.66. The monoisotopic (exact) mass is 330 g/mol. The van der Waals surface area contributed by atoms with Gasteiger partial charge in [0.2, 0.25) is 0 Å². The number of methoxy groups -OCH3 is 1. The van der Waals surface area contributed by atoms with E-state index in [9.17, 15) is 4.79 Å². The summed E-state index contributed by atoms with van der Waals surface area (Å²) in [6.45, 7) is 0.435. The highest BCUT2D eigenvalue weighted by Gasteiger charge is 2.13. The maximum absolute atomic E-state index is 12.3. The number of rotatable bonds is 5. The number of aromatic nitrogens is 3. The summed E-state index contributed by atoms with van der Waals surface area (Å²) in [7, 11) is 1.52. The quantitative estimate of drug-likeness (QED) is 0.779. The van der Waals surface area contributed by atoms with Gasteiger partial charge in [0.15, 0.2) is 5.65 Å². The van der Waals surface area contributed by atoms with Gasteiger partial charge in [0.1, 0.15) is 11.6 Å². The number of nitrogens with zero attached hydrogens (tertiary/aromatic N) is 3. The first-order valence-electron chi connectivity index (χ1n) is 7.09. The van der Waals surface area contributed by atoms with Crippen LogP contribution in [0.15, 0.2) is 42.6 Å². The predicted octanol–water partition coefficient (Wildman–Crippen LogP) is 2.36. The van der Waals surface area contributed by atoms with Gasteiger partial charge >= 0.3 is 0 Å². The number of nitrogens with one attached hydrogen (secondary N) is 1. The summed E-state index contributed by atoms with van der Waals surface area (Å²) >= 11 is 5.94. The van der Waals surface area contributed by atoms with E-state index in [0.29, 0.717) is 29.3 Å². The summed E-state index contributed by atoms with van der Waals surface area (Å²) < 4.78 is 7.08. The topological polar surface area (TPSA) is 68.5 Å². The number of hydrogen-bond acceptors (Lipinski definition) is 4. The van der Waals surface area contributed by atoms with Crippen LogP contribution in [-0.2, 0) is 6.42 Å². The minimum Gasteiger partial charge on any atom is -0.496 e. The molecule has 0 aliphatic rings. The number of amides is 1. The number of fused-ring (bicyclic) bond motifs is 1. The van der Waals surface area contributed by atoms with Gasteiger partial charge in [0.05, 0.1) is 12.7 Å². The van der Waals surface area contributed by atoms with Crippen LogP contribution in [0.2, 0.25) is 5.02 Å². The Bertz CT molecular complexity index is 847. The molecule has 2 aromatic heterocycles. The molecular weight excluding hydrogens is 316 g/mol. The molecule has 118 valence electrons. The second-order valence-electron chi connectivity index (χ2n) is 4.90. The van der Waals surface area contributed by atoms with E-state index in [1.165, 1.54) is 7.11 Å². The first kappa shape index (κ1) is 15.3. The molecule has 0 fully saturated rings. The molecule has 0 aliphatic carbocycles. The largest absolute Gasteiger partial charge is 0.496 e. The van der Waals surface area contributed by atoms with Crippen LogP contribution >= 0.6 is 11.6 Å². The van der Waals surface area contributed by atoms with Crippen LogP contribution in [0.4, 0.5) is 0 Å². The van der Waals surface area contributed by atoms with Gasteiger partial charge < -0.3 is 10.1 Å². The molecule has 0 radical (unpaired) electrons. The number of benzene rings is 1. The van der Waals surface area contributed by atoms with Crippen LogP contribution in [0.5, 0.6) is 5.75 Å². The predicted molar refractivity (Wildman–Crippen MR) is 87.0 cm³/mol. The van der Waals surface area contributed by atoms with Gasteiger partial charge in [-0.25, -0.2) is 0 Å². The lowest BCUT2D eigenvalue weighted by atomic mass is 10.2. The smallest absolute Gasteiger partial charge is 0.255 e. The standard InChI is InChI=1S/C16H15ClN4O2/c1-23-13-6-5-11(17)10-12(13)16(22)18-8-7-15-20-19-14-4-2-3-9-21(14)15/h2-6,9-10H,7-8H2,1H3,(H,18,22). The molecule has 0 saturated carbocycles. The number of carbonyl (C=O) groups excluding carboxylic acids is 1. The molecule has 0 unspecified atom stereocenters. The summed E-state index contributed by atoms with van der Waals surface area (Å²) in [5.41, 5.74) is 1.19. The van der Waals surface area contributed by atoms with Gasteiger partial charge in [-0.3, -0.25) is 9.20 Å². The fourth-order valence-corrected chi connectivity index (χ4v) is 2.47. The van der Waals surface area contributed by atoms with E-state index < -0.39 is 0 Å². The van der Waals surface area contributed by atoms with Crippen molar-refractivity contribution in [3.05, 3.63) is 59.0 Å². The fraction of sp³-hybridized carbons (Fsp3) is 0.188. The maximum atomic E-state index is 12.3. The Balaban J connectivity index is 1.67. The molecule has 0 spiro atoms. The average Bonchev–Trinajstić information content (AvgIpc) is 2.98. The third-order valence-electron chi connectivity index (χ3n) is 3.42. The summed E-state index contributed by atoms with van der Waals surface area (Å²) in [6, 6.07) is 10.6. The normalized spacial score (nSPS) is 10.7. The van der Waals surface area contributed by atoms with Crippen LogP contribution in [-0.4, -0.2) is 34.2 Å². The summed E-state index contributed by atoms with van der Waals surface area (Å²) in [4.78, 5) is 12.3. The number of hydrogen-bond donors (Lipinski definition) is 1. The Labute approximate surface area is 138 Å². The van der Waals surface area contributed by atoms with Gasteiger partial charge in [-0.05, 0) is 30.3 Å². The van der Waals surface area contributed by atoms with Crippen molar-refractivity contribution in [3.8, 4) is 5.75 Å². The first-order chi connectivity index (χ1) is 11.2. The Morgan fingerprint density at radius 1 is 1.30 bits per heavy atom. The van der Waals surface area contributed by atoms with Gasteiger partial charge in [-0.15, -0.1) is 10.2 Å². The van der Waals surface area contributed by atoms with E-state index >= 15 is 0 Å². The highest BCUT2D eigenvalue weighted by Crippen LogP contribution is 2.22. The maximum Gasteiger partial charge on any atom is 0.255 e. The van der Waals surface area contributed by atoms with Crippen molar-refractivity contribution in [3.63, 3.8) is 0 Å². The lowest BCUT2D eigenvalue weighted by molar-refractivity contribution is 0.0951. The van der Waals surface area contributed by atoms with Gasteiger partial charge in [-0.2, -0.15) is 0 Å². The summed E-state index contributed by atoms with van der Waals surface area (Å²) in [6.07, 6.45) is 2.46. The van der Waals surface area contributed by atoms with E-state index in [1.54, 1.807) is 18.2 Å². The molecule has 3 rings (SSSR count). The Morgan fingerprint density at radius 2 is 2.17 bits per heavy atom. The van der Waals surface area contributed by atoms with Crippen molar-refractivity contribution in [2.45, 2.75) is 6.42 Å². The average molecular weight is 331 g/mol. The zero-order valence-corrected chi connectivity index (χ0v) is 13.2. The molecule has 0 saturated heterocycles. The fourth-order valence-electron chi connectivity index (χ4n) is 2.30. The molecule has 0 atom stereocenters. The molecular formula is C16H15ClN4O2. The zero-order chi connectivity index (χ0) is 16.2. The van der Waals surface area contributed by atoms with Crippen LogP contribution in [0.1, 0.15) is 16.2 Å². The van der Waals surface area contributed by atoms with Gasteiger partial charge in [0, 0.05) is 24.2 Å². The number of ether oxygens (including phenoxy) is 1. The van der Waals surface area contributed by atoms with E-state index in [0.717, 1.165) is 11.5 Å². The highest BCUT2D eigenvalue weighted by molar-refractivity contribution is 6.31. The highest BCUT2D eigenvalue weighted by atomic mass is 35.5. The first-order valence-corrected chi connectivity index (χ1v) is 7.47. The summed E-state index contributed by atoms with van der Waals surface area (Å²) in [5, 5.41) is 11.5. The molecule has 3 aromatic rings. The SMILES string of the molecule is COc1ccc(Cl)cc1C(=O)NCCc1nnc2ccccn12. The van der Waals surface area contributed by atoms with Gasteiger partial charge in [0.25, 0.3) is 5.91 Å². The Morgan fingerprint density at radius 3 is 3.00 bits per heavy atom. The van der Waals surface area contributed by atoms with Crippen LogP contribution < -0.4 is 10.1 Å². The minimum absolute atomic E-state index is 0.238. The number of carbonyl (C=O) groups is 1.